The van der Waals surface area contributed by atoms with Gasteiger partial charge in [0.15, 0.2) is 0 Å². The summed E-state index contributed by atoms with van der Waals surface area (Å²) in [6.07, 6.45) is 2.24. The molecule has 0 amide bonds. The summed E-state index contributed by atoms with van der Waals surface area (Å²) in [5, 5.41) is 1.23. The number of fused-ring (bicyclic) bond motifs is 1. The van der Waals surface area contributed by atoms with Crippen molar-refractivity contribution in [2.24, 2.45) is 5.73 Å². The minimum atomic E-state index is 0.608. The van der Waals surface area contributed by atoms with Crippen molar-refractivity contribution in [1.29, 1.82) is 0 Å². The smallest absolute Gasteiger partial charge is 0.0938 e. The molecule has 0 unspecified atom stereocenters. The molecule has 74 valence electrons. The van der Waals surface area contributed by atoms with Crippen LogP contribution in [0.1, 0.15) is 23.9 Å². The monoisotopic (exact) mass is 206 g/mol. The van der Waals surface area contributed by atoms with Gasteiger partial charge in [-0.2, -0.15) is 0 Å². The molecule has 1 aromatic heterocycles. The van der Waals surface area contributed by atoms with Crippen LogP contribution in [0.25, 0.3) is 10.2 Å². The average Bonchev–Trinajstić information content (AvgIpc) is 2.59. The molecule has 0 fully saturated rings. The number of hydrogen-bond donors (Lipinski definition) is 1. The van der Waals surface area contributed by atoms with Crippen LogP contribution in [0.2, 0.25) is 0 Å². The largest absolute Gasteiger partial charge is 0.326 e. The number of hydrogen-bond acceptors (Lipinski definition) is 3. The molecule has 2 nitrogen and oxygen atoms in total. The van der Waals surface area contributed by atoms with Gasteiger partial charge in [0.25, 0.3) is 0 Å². The highest BCUT2D eigenvalue weighted by molar-refractivity contribution is 7.18. The van der Waals surface area contributed by atoms with Crippen molar-refractivity contribution >= 4 is 21.6 Å². The van der Waals surface area contributed by atoms with E-state index in [-0.39, 0.29) is 0 Å². The first kappa shape index (κ1) is 9.62. The number of thiazole rings is 1. The predicted octanol–water partition coefficient (Wildman–Crippen LogP) is 2.71. The van der Waals surface area contributed by atoms with Crippen LogP contribution in [0.3, 0.4) is 0 Å². The van der Waals surface area contributed by atoms with E-state index in [1.54, 1.807) is 11.3 Å². The quantitative estimate of drug-likeness (QED) is 0.838. The normalized spacial score (nSPS) is 11.0. The zero-order chi connectivity index (χ0) is 9.97. The van der Waals surface area contributed by atoms with Crippen LogP contribution in [-0.4, -0.2) is 4.98 Å². The van der Waals surface area contributed by atoms with Gasteiger partial charge in [-0.3, -0.25) is 0 Å². The van der Waals surface area contributed by atoms with Crippen molar-refractivity contribution in [3.63, 3.8) is 0 Å². The van der Waals surface area contributed by atoms with Crippen LogP contribution in [0, 0.1) is 0 Å². The van der Waals surface area contributed by atoms with Gasteiger partial charge in [0.2, 0.25) is 0 Å². The molecule has 14 heavy (non-hydrogen) atoms. The van der Waals surface area contributed by atoms with E-state index in [0.717, 1.165) is 18.4 Å². The molecule has 2 N–H and O–H groups in total. The summed E-state index contributed by atoms with van der Waals surface area (Å²) in [7, 11) is 0. The molecule has 1 aromatic carbocycles. The van der Waals surface area contributed by atoms with Crippen LogP contribution in [-0.2, 0) is 13.0 Å². The maximum Gasteiger partial charge on any atom is 0.0938 e. The number of rotatable bonds is 3. The van der Waals surface area contributed by atoms with Gasteiger partial charge >= 0.3 is 0 Å². The molecule has 0 spiro atoms. The molecule has 0 saturated carbocycles. The molecule has 1 heterocycles. The highest BCUT2D eigenvalue weighted by Crippen LogP contribution is 2.23. The Hall–Kier alpha value is -0.930. The minimum absolute atomic E-state index is 0.608. The van der Waals surface area contributed by atoms with Crippen molar-refractivity contribution in [2.75, 3.05) is 0 Å². The van der Waals surface area contributed by atoms with Gasteiger partial charge in [-0.25, -0.2) is 4.98 Å². The zero-order valence-electron chi connectivity index (χ0n) is 8.29. The Kier molecular flexibility index (Phi) is 2.79. The molecule has 2 aromatic rings. The lowest BCUT2D eigenvalue weighted by atomic mass is 10.2. The molecule has 0 atom stereocenters. The van der Waals surface area contributed by atoms with Gasteiger partial charge in [0.1, 0.15) is 0 Å². The molecule has 0 aliphatic rings. The summed E-state index contributed by atoms with van der Waals surface area (Å²) in [4.78, 5) is 4.56. The fraction of sp³-hybridized carbons (Fsp3) is 0.364. The van der Waals surface area contributed by atoms with Crippen molar-refractivity contribution in [2.45, 2.75) is 26.3 Å². The molecular weight excluding hydrogens is 192 g/mol. The van der Waals surface area contributed by atoms with Crippen LogP contribution < -0.4 is 5.73 Å². The first-order valence-corrected chi connectivity index (χ1v) is 5.73. The Morgan fingerprint density at radius 2 is 2.29 bits per heavy atom. The third kappa shape index (κ3) is 1.79. The zero-order valence-corrected chi connectivity index (χ0v) is 9.10. The van der Waals surface area contributed by atoms with Crippen molar-refractivity contribution in [1.82, 2.24) is 4.98 Å². The lowest BCUT2D eigenvalue weighted by Crippen LogP contribution is -1.94. The van der Waals surface area contributed by atoms with E-state index in [9.17, 15) is 0 Å². The maximum absolute atomic E-state index is 5.59. The summed E-state index contributed by atoms with van der Waals surface area (Å²) in [5.41, 5.74) is 7.88. The number of nitrogens with two attached hydrogens (primary N) is 1. The second-order valence-electron chi connectivity index (χ2n) is 3.36. The van der Waals surface area contributed by atoms with Gasteiger partial charge in [0, 0.05) is 6.54 Å². The van der Waals surface area contributed by atoms with E-state index in [0.29, 0.717) is 6.54 Å². The van der Waals surface area contributed by atoms with Crippen LogP contribution in [0.4, 0.5) is 0 Å². The predicted molar refractivity (Wildman–Crippen MR) is 61.5 cm³/mol. The number of benzene rings is 1. The summed E-state index contributed by atoms with van der Waals surface area (Å²) in [5.74, 6) is 0. The first-order chi connectivity index (χ1) is 6.83. The summed E-state index contributed by atoms with van der Waals surface area (Å²) < 4.78 is 1.26. The molecule has 0 aliphatic heterocycles. The van der Waals surface area contributed by atoms with Gasteiger partial charge in [-0.05, 0) is 30.5 Å². The highest BCUT2D eigenvalue weighted by Gasteiger charge is 2.02. The lowest BCUT2D eigenvalue weighted by Gasteiger charge is -1.93. The third-order valence-electron chi connectivity index (χ3n) is 2.20. The minimum Gasteiger partial charge on any atom is -0.326 e. The van der Waals surface area contributed by atoms with E-state index < -0.39 is 0 Å². The Labute approximate surface area is 87.8 Å². The SMILES string of the molecule is CCCc1nc2ccc(CN)cc2s1. The number of nitrogens with zero attached hydrogens (tertiary/aromatic N) is 1. The molecule has 2 rings (SSSR count). The second-order valence-corrected chi connectivity index (χ2v) is 4.48. The maximum atomic E-state index is 5.59. The Morgan fingerprint density at radius 3 is 3.00 bits per heavy atom. The molecule has 0 aliphatic carbocycles. The van der Waals surface area contributed by atoms with Crippen molar-refractivity contribution in [3.05, 3.63) is 28.8 Å². The van der Waals surface area contributed by atoms with Gasteiger partial charge in [-0.15, -0.1) is 11.3 Å². The average molecular weight is 206 g/mol. The summed E-state index contributed by atoms with van der Waals surface area (Å²) >= 11 is 1.78. The molecular formula is C11H14N2S. The third-order valence-corrected chi connectivity index (χ3v) is 3.27. The van der Waals surface area contributed by atoms with Crippen LogP contribution >= 0.6 is 11.3 Å². The topological polar surface area (TPSA) is 38.9 Å². The van der Waals surface area contributed by atoms with Crippen molar-refractivity contribution < 1.29 is 0 Å². The van der Waals surface area contributed by atoms with Crippen LogP contribution in [0.5, 0.6) is 0 Å². The van der Waals surface area contributed by atoms with E-state index in [4.69, 9.17) is 5.73 Å². The lowest BCUT2D eigenvalue weighted by molar-refractivity contribution is 0.913. The fourth-order valence-corrected chi connectivity index (χ4v) is 2.60. The van der Waals surface area contributed by atoms with Gasteiger partial charge in [-0.1, -0.05) is 13.0 Å². The Balaban J connectivity index is 2.43. The number of aromatic nitrogens is 1. The van der Waals surface area contributed by atoms with E-state index >= 15 is 0 Å². The van der Waals surface area contributed by atoms with E-state index in [1.165, 1.54) is 15.3 Å². The molecule has 0 bridgehead atoms. The molecule has 0 saturated heterocycles. The summed E-state index contributed by atoms with van der Waals surface area (Å²) in [6.45, 7) is 2.79. The van der Waals surface area contributed by atoms with Crippen LogP contribution in [0.15, 0.2) is 18.2 Å². The first-order valence-electron chi connectivity index (χ1n) is 4.92. The summed E-state index contributed by atoms with van der Waals surface area (Å²) in [6, 6.07) is 6.26. The van der Waals surface area contributed by atoms with E-state index in [2.05, 4.69) is 30.1 Å². The van der Waals surface area contributed by atoms with Crippen molar-refractivity contribution in [3.8, 4) is 0 Å². The Morgan fingerprint density at radius 1 is 1.43 bits per heavy atom. The fourth-order valence-electron chi connectivity index (χ4n) is 1.46. The Bertz CT molecular complexity index is 434. The molecule has 0 radical (unpaired) electrons. The molecule has 3 heteroatoms. The number of aryl methyl sites for hydroxylation is 1. The second kappa shape index (κ2) is 4.07. The highest BCUT2D eigenvalue weighted by atomic mass is 32.1. The van der Waals surface area contributed by atoms with Gasteiger partial charge in [0.05, 0.1) is 15.2 Å². The standard InChI is InChI=1S/C11H14N2S/c1-2-3-11-13-9-5-4-8(7-12)6-10(9)14-11/h4-6H,2-3,7,12H2,1H3. The van der Waals surface area contributed by atoms with E-state index in [1.807, 2.05) is 0 Å². The van der Waals surface area contributed by atoms with Gasteiger partial charge < -0.3 is 5.73 Å².